The highest BCUT2D eigenvalue weighted by atomic mass is 16.3. The van der Waals surface area contributed by atoms with Crippen LogP contribution in [0, 0.1) is 0 Å². The molecule has 0 unspecified atom stereocenters. The van der Waals surface area contributed by atoms with E-state index in [1.165, 1.54) is 44.2 Å². The molecule has 3 nitrogen and oxygen atoms in total. The number of rotatable bonds is 5. The van der Waals surface area contributed by atoms with Crippen molar-refractivity contribution in [1.82, 2.24) is 0 Å². The Hall–Kier alpha value is -7.88. The molecule has 2 heterocycles. The first-order valence-electron chi connectivity index (χ1n) is 21.4. The van der Waals surface area contributed by atoms with Crippen LogP contribution in [0.1, 0.15) is 25.0 Å². The highest BCUT2D eigenvalue weighted by molar-refractivity contribution is 6.24. The number of nitrogens with zero attached hydrogens (tertiary/aromatic N) is 1. The first-order valence-corrected chi connectivity index (χ1v) is 21.4. The average molecular weight is 794 g/mol. The topological polar surface area (TPSA) is 29.5 Å². The van der Waals surface area contributed by atoms with E-state index in [1.807, 2.05) is 6.07 Å². The number of para-hydroxylation sites is 3. The first-order chi connectivity index (χ1) is 30.5. The summed E-state index contributed by atoms with van der Waals surface area (Å²) in [5, 5.41) is 9.03. The Kier molecular flexibility index (Phi) is 7.36. The molecule has 0 spiro atoms. The van der Waals surface area contributed by atoms with E-state index in [-0.39, 0.29) is 5.41 Å². The molecule has 0 atom stereocenters. The van der Waals surface area contributed by atoms with Crippen molar-refractivity contribution in [3.63, 3.8) is 0 Å². The summed E-state index contributed by atoms with van der Waals surface area (Å²) in [6.45, 7) is 4.70. The van der Waals surface area contributed by atoms with E-state index in [1.54, 1.807) is 0 Å². The standard InChI is InChI=1S/C59H39NO2/c1-59(2)51-26-12-10-21-43(51)44-31-30-37(34-52(44)59)60(36-16-4-3-5-17-36)53-27-15-29-55-56(53)50-35-49(40-20-8-9-23-46(40)58(50)62-55)42-33-32-41(38-18-6-7-19-39(38)42)47-24-14-25-48-45-22-11-13-28-54(45)61-57(47)48/h3-35H,1-2H3. The number of fused-ring (bicyclic) bond motifs is 12. The fourth-order valence-corrected chi connectivity index (χ4v) is 10.6. The Balaban J connectivity index is 1.05. The molecule has 0 N–H and O–H groups in total. The van der Waals surface area contributed by atoms with Crippen molar-refractivity contribution in [3.8, 4) is 33.4 Å². The largest absolute Gasteiger partial charge is 0.455 e. The SMILES string of the molecule is CC1(C)c2ccccc2-c2ccc(N(c3ccccc3)c3cccc4oc5c6ccccc6c(-c6ccc(-c7cccc8c7oc7ccccc78)c7ccccc67)cc5c34)cc21. The van der Waals surface area contributed by atoms with Crippen LogP contribution in [0.25, 0.3) is 98.8 Å². The fraction of sp³-hybridized carbons (Fsp3) is 0.0508. The second-order valence-corrected chi connectivity index (χ2v) is 17.2. The third-order valence-corrected chi connectivity index (χ3v) is 13.5. The van der Waals surface area contributed by atoms with E-state index in [2.05, 4.69) is 213 Å². The molecule has 0 bridgehead atoms. The van der Waals surface area contributed by atoms with Crippen molar-refractivity contribution in [1.29, 1.82) is 0 Å². The lowest BCUT2D eigenvalue weighted by molar-refractivity contribution is 0.660. The maximum Gasteiger partial charge on any atom is 0.143 e. The van der Waals surface area contributed by atoms with Crippen molar-refractivity contribution in [2.45, 2.75) is 19.3 Å². The van der Waals surface area contributed by atoms with Gasteiger partial charge >= 0.3 is 0 Å². The Morgan fingerprint density at radius 3 is 1.69 bits per heavy atom. The molecular weight excluding hydrogens is 755 g/mol. The molecule has 0 fully saturated rings. The van der Waals surface area contributed by atoms with Crippen LogP contribution in [0.2, 0.25) is 0 Å². The van der Waals surface area contributed by atoms with Gasteiger partial charge in [0.15, 0.2) is 0 Å². The molecule has 0 saturated carbocycles. The van der Waals surface area contributed by atoms with E-state index in [9.17, 15) is 0 Å². The minimum Gasteiger partial charge on any atom is -0.455 e. The van der Waals surface area contributed by atoms with Gasteiger partial charge in [0.25, 0.3) is 0 Å². The monoisotopic (exact) mass is 793 g/mol. The molecule has 292 valence electrons. The van der Waals surface area contributed by atoms with Crippen molar-refractivity contribution >= 4 is 82.5 Å². The quantitative estimate of drug-likeness (QED) is 0.174. The van der Waals surface area contributed by atoms with Gasteiger partial charge in [0.1, 0.15) is 22.3 Å². The van der Waals surface area contributed by atoms with Crippen molar-refractivity contribution in [2.75, 3.05) is 4.90 Å². The highest BCUT2D eigenvalue weighted by Crippen LogP contribution is 2.52. The number of hydrogen-bond acceptors (Lipinski definition) is 3. The normalized spacial score (nSPS) is 13.1. The van der Waals surface area contributed by atoms with E-state index in [4.69, 9.17) is 8.83 Å². The zero-order chi connectivity index (χ0) is 41.1. The smallest absolute Gasteiger partial charge is 0.143 e. The lowest BCUT2D eigenvalue weighted by atomic mass is 9.82. The predicted molar refractivity (Wildman–Crippen MR) is 259 cm³/mol. The summed E-state index contributed by atoms with van der Waals surface area (Å²) in [4.78, 5) is 2.41. The molecular formula is C59H39NO2. The molecule has 0 aliphatic heterocycles. The van der Waals surface area contributed by atoms with Gasteiger partial charge < -0.3 is 13.7 Å². The van der Waals surface area contributed by atoms with Crippen molar-refractivity contribution in [3.05, 3.63) is 211 Å². The zero-order valence-electron chi connectivity index (χ0n) is 34.3. The second kappa shape index (κ2) is 13.1. The van der Waals surface area contributed by atoms with Gasteiger partial charge in [-0.05, 0) is 104 Å². The maximum atomic E-state index is 6.96. The van der Waals surface area contributed by atoms with Crippen LogP contribution >= 0.6 is 0 Å². The van der Waals surface area contributed by atoms with Crippen LogP contribution in [0.5, 0.6) is 0 Å². The zero-order valence-corrected chi connectivity index (χ0v) is 34.3. The summed E-state index contributed by atoms with van der Waals surface area (Å²) >= 11 is 0. The molecule has 0 amide bonds. The molecule has 1 aliphatic rings. The van der Waals surface area contributed by atoms with Gasteiger partial charge in [-0.15, -0.1) is 0 Å². The maximum absolute atomic E-state index is 6.96. The minimum atomic E-state index is -0.136. The summed E-state index contributed by atoms with van der Waals surface area (Å²) in [5.74, 6) is 0. The van der Waals surface area contributed by atoms with Crippen LogP contribution in [-0.4, -0.2) is 0 Å². The first kappa shape index (κ1) is 34.9. The van der Waals surface area contributed by atoms with Crippen molar-refractivity contribution < 1.29 is 8.83 Å². The molecule has 2 aromatic heterocycles. The Morgan fingerprint density at radius 1 is 0.339 bits per heavy atom. The summed E-state index contributed by atoms with van der Waals surface area (Å²) in [6, 6.07) is 72.3. The molecule has 0 saturated heterocycles. The molecule has 62 heavy (non-hydrogen) atoms. The molecule has 1 aliphatic carbocycles. The second-order valence-electron chi connectivity index (χ2n) is 17.2. The number of hydrogen-bond donors (Lipinski definition) is 0. The van der Waals surface area contributed by atoms with Gasteiger partial charge in [-0.2, -0.15) is 0 Å². The fourth-order valence-electron chi connectivity index (χ4n) is 10.6. The Labute approximate surface area is 358 Å². The van der Waals surface area contributed by atoms with Crippen molar-refractivity contribution in [2.24, 2.45) is 0 Å². The molecule has 0 radical (unpaired) electrons. The minimum absolute atomic E-state index is 0.136. The van der Waals surface area contributed by atoms with Gasteiger partial charge in [-0.25, -0.2) is 0 Å². The van der Waals surface area contributed by atoms with Crippen LogP contribution in [0.3, 0.4) is 0 Å². The average Bonchev–Trinajstić information content (AvgIpc) is 3.97. The van der Waals surface area contributed by atoms with Crippen LogP contribution in [0.4, 0.5) is 17.1 Å². The summed E-state index contributed by atoms with van der Waals surface area (Å²) in [7, 11) is 0. The van der Waals surface area contributed by atoms with Gasteiger partial charge in [0.2, 0.25) is 0 Å². The van der Waals surface area contributed by atoms with E-state index in [0.717, 1.165) is 82.8 Å². The van der Waals surface area contributed by atoms with E-state index >= 15 is 0 Å². The highest BCUT2D eigenvalue weighted by Gasteiger charge is 2.36. The summed E-state index contributed by atoms with van der Waals surface area (Å²) in [5.41, 5.74) is 16.6. The Bertz CT molecular complexity index is 3790. The summed E-state index contributed by atoms with van der Waals surface area (Å²) in [6.07, 6.45) is 0. The van der Waals surface area contributed by atoms with Gasteiger partial charge in [-0.3, -0.25) is 0 Å². The number of furan rings is 2. The van der Waals surface area contributed by atoms with Gasteiger partial charge in [-0.1, -0.05) is 166 Å². The number of anilines is 3. The third-order valence-electron chi connectivity index (χ3n) is 13.5. The van der Waals surface area contributed by atoms with Crippen LogP contribution < -0.4 is 4.90 Å². The molecule has 13 rings (SSSR count). The van der Waals surface area contributed by atoms with E-state index in [0.29, 0.717) is 0 Å². The van der Waals surface area contributed by atoms with E-state index < -0.39 is 0 Å². The molecule has 10 aromatic carbocycles. The van der Waals surface area contributed by atoms with Crippen LogP contribution in [0.15, 0.2) is 209 Å². The molecule has 12 aromatic rings. The molecule has 3 heteroatoms. The van der Waals surface area contributed by atoms with Gasteiger partial charge in [0.05, 0.1) is 11.1 Å². The predicted octanol–water partition coefficient (Wildman–Crippen LogP) is 16.9. The number of benzene rings is 10. The lowest BCUT2D eigenvalue weighted by Gasteiger charge is -2.28. The lowest BCUT2D eigenvalue weighted by Crippen LogP contribution is -2.16. The van der Waals surface area contributed by atoms with Crippen LogP contribution in [-0.2, 0) is 5.41 Å². The Morgan fingerprint density at radius 2 is 0.887 bits per heavy atom. The summed E-state index contributed by atoms with van der Waals surface area (Å²) < 4.78 is 13.5. The third kappa shape index (κ3) is 4.94. The van der Waals surface area contributed by atoms with Gasteiger partial charge in [0, 0.05) is 43.9 Å².